The van der Waals surface area contributed by atoms with Crippen LogP contribution in [0.2, 0.25) is 10.6 Å². The fourth-order valence-corrected chi connectivity index (χ4v) is 1.65. The van der Waals surface area contributed by atoms with Crippen molar-refractivity contribution in [3.63, 3.8) is 0 Å². The Bertz CT molecular complexity index is 647. The molecule has 0 radical (unpaired) electrons. The molecule has 20 heavy (non-hydrogen) atoms. The molecular weight excluding hydrogens is 311 g/mol. The zero-order chi connectivity index (χ0) is 14.7. The number of ether oxygens (including phenoxy) is 2. The summed E-state index contributed by atoms with van der Waals surface area (Å²) in [5.41, 5.74) is -0.279. The second-order valence-corrected chi connectivity index (χ2v) is 4.02. The van der Waals surface area contributed by atoms with Crippen LogP contribution < -0.4 is 9.47 Å². The molecule has 0 amide bonds. The lowest BCUT2D eigenvalue weighted by Gasteiger charge is -2.06. The molecule has 0 aliphatic rings. The first kappa shape index (κ1) is 14.2. The molecule has 0 saturated heterocycles. The quantitative estimate of drug-likeness (QED) is 0.631. The Balaban J connectivity index is 2.42. The number of nitro groups is 1. The summed E-state index contributed by atoms with van der Waals surface area (Å²) in [5.74, 6) is 0.268. The van der Waals surface area contributed by atoms with Gasteiger partial charge in [-0.2, -0.15) is 15.0 Å². The summed E-state index contributed by atoms with van der Waals surface area (Å²) in [5, 5.41) is 10.5. The minimum absolute atomic E-state index is 0.104. The highest BCUT2D eigenvalue weighted by molar-refractivity contribution is 6.31. The Labute approximate surface area is 122 Å². The molecule has 104 valence electrons. The van der Waals surface area contributed by atoms with Gasteiger partial charge in [-0.1, -0.05) is 0 Å². The normalized spacial score (nSPS) is 10.2. The van der Waals surface area contributed by atoms with E-state index in [0.29, 0.717) is 5.75 Å². The third kappa shape index (κ3) is 3.22. The van der Waals surface area contributed by atoms with Crippen LogP contribution in [-0.4, -0.2) is 27.0 Å². The van der Waals surface area contributed by atoms with Crippen LogP contribution in [-0.2, 0) is 0 Å². The van der Waals surface area contributed by atoms with E-state index in [9.17, 15) is 10.1 Å². The van der Waals surface area contributed by atoms with Gasteiger partial charge in [0.05, 0.1) is 12.0 Å². The average molecular weight is 317 g/mol. The van der Waals surface area contributed by atoms with Crippen LogP contribution >= 0.6 is 23.2 Å². The van der Waals surface area contributed by atoms with Gasteiger partial charge in [-0.15, -0.1) is 0 Å². The fraction of sp³-hybridized carbons (Fsp3) is 0.100. The minimum atomic E-state index is -0.612. The summed E-state index contributed by atoms with van der Waals surface area (Å²) >= 11 is 11.2. The van der Waals surface area contributed by atoms with E-state index >= 15 is 0 Å². The van der Waals surface area contributed by atoms with Crippen molar-refractivity contribution in [3.05, 3.63) is 38.9 Å². The Hall–Kier alpha value is -2.19. The molecule has 1 aromatic carbocycles. The van der Waals surface area contributed by atoms with Gasteiger partial charge in [0.1, 0.15) is 5.75 Å². The van der Waals surface area contributed by atoms with Crippen molar-refractivity contribution in [1.82, 2.24) is 15.0 Å². The lowest BCUT2D eigenvalue weighted by atomic mass is 10.3. The molecule has 0 atom stereocenters. The molecule has 0 bridgehead atoms. The number of benzene rings is 1. The number of nitrogens with zero attached hydrogens (tertiary/aromatic N) is 4. The topological polar surface area (TPSA) is 100 Å². The van der Waals surface area contributed by atoms with Crippen molar-refractivity contribution in [2.45, 2.75) is 0 Å². The van der Waals surface area contributed by atoms with Crippen LogP contribution in [0.1, 0.15) is 0 Å². The summed E-state index contributed by atoms with van der Waals surface area (Å²) in [7, 11) is 1.42. The Morgan fingerprint density at radius 2 is 1.85 bits per heavy atom. The van der Waals surface area contributed by atoms with E-state index in [1.165, 1.54) is 25.3 Å². The molecule has 0 unspecified atom stereocenters. The van der Waals surface area contributed by atoms with Crippen LogP contribution in [0, 0.1) is 10.1 Å². The molecule has 0 spiro atoms. The smallest absolute Gasteiger partial charge is 0.327 e. The molecule has 2 rings (SSSR count). The second kappa shape index (κ2) is 5.85. The molecule has 0 saturated carbocycles. The van der Waals surface area contributed by atoms with Crippen LogP contribution in [0.15, 0.2) is 18.2 Å². The van der Waals surface area contributed by atoms with Crippen LogP contribution in [0.4, 0.5) is 5.69 Å². The molecule has 0 aliphatic carbocycles. The molecule has 0 fully saturated rings. The number of halogens is 2. The maximum atomic E-state index is 10.9. The molecular formula is C10H6Cl2N4O4. The molecule has 0 aliphatic heterocycles. The zero-order valence-electron chi connectivity index (χ0n) is 9.91. The first-order valence-electron chi connectivity index (χ1n) is 5.07. The monoisotopic (exact) mass is 316 g/mol. The molecule has 8 nitrogen and oxygen atoms in total. The van der Waals surface area contributed by atoms with Gasteiger partial charge in [0.2, 0.25) is 16.3 Å². The number of nitro benzene ring substituents is 1. The molecule has 1 heterocycles. The SMILES string of the molecule is COc1ccc([N+](=O)[O-])c(Oc2nc(Cl)nc(Cl)n2)c1. The van der Waals surface area contributed by atoms with Gasteiger partial charge in [0.15, 0.2) is 0 Å². The van der Waals surface area contributed by atoms with Crippen molar-refractivity contribution in [3.8, 4) is 17.5 Å². The Morgan fingerprint density at radius 3 is 2.40 bits per heavy atom. The maximum Gasteiger partial charge on any atom is 0.327 e. The predicted molar refractivity (Wildman–Crippen MR) is 69.6 cm³/mol. The van der Waals surface area contributed by atoms with E-state index in [4.69, 9.17) is 32.7 Å². The highest BCUT2D eigenvalue weighted by Crippen LogP contribution is 2.33. The molecule has 10 heteroatoms. The number of aromatic nitrogens is 3. The largest absolute Gasteiger partial charge is 0.497 e. The summed E-state index contributed by atoms with van der Waals surface area (Å²) < 4.78 is 10.2. The van der Waals surface area contributed by atoms with E-state index in [0.717, 1.165) is 0 Å². The first-order chi connectivity index (χ1) is 9.49. The van der Waals surface area contributed by atoms with Gasteiger partial charge in [0, 0.05) is 12.1 Å². The summed E-state index contributed by atoms with van der Waals surface area (Å²) in [6.45, 7) is 0. The highest BCUT2D eigenvalue weighted by atomic mass is 35.5. The number of hydrogen-bond donors (Lipinski definition) is 0. The fourth-order valence-electron chi connectivity index (χ4n) is 1.31. The molecule has 2 aromatic rings. The van der Waals surface area contributed by atoms with E-state index in [1.807, 2.05) is 0 Å². The standard InChI is InChI=1S/C10H6Cl2N4O4/c1-19-5-2-3-6(16(17)18)7(4-5)20-10-14-8(11)13-9(12)15-10/h2-4H,1H3. The van der Waals surface area contributed by atoms with Gasteiger partial charge >= 0.3 is 11.7 Å². The van der Waals surface area contributed by atoms with Crippen molar-refractivity contribution in [2.24, 2.45) is 0 Å². The van der Waals surface area contributed by atoms with Crippen LogP contribution in [0.3, 0.4) is 0 Å². The Morgan fingerprint density at radius 1 is 1.20 bits per heavy atom. The maximum absolute atomic E-state index is 10.9. The Kier molecular flexibility index (Phi) is 4.16. The number of methoxy groups -OCH3 is 1. The van der Waals surface area contributed by atoms with E-state index in [-0.39, 0.29) is 28.0 Å². The zero-order valence-corrected chi connectivity index (χ0v) is 11.4. The lowest BCUT2D eigenvalue weighted by Crippen LogP contribution is -1.98. The summed E-state index contributed by atoms with van der Waals surface area (Å²) in [6, 6.07) is 3.73. The van der Waals surface area contributed by atoms with Gasteiger partial charge in [-0.25, -0.2) is 0 Å². The first-order valence-corrected chi connectivity index (χ1v) is 5.82. The van der Waals surface area contributed by atoms with Crippen molar-refractivity contribution < 1.29 is 14.4 Å². The summed E-state index contributed by atoms with van der Waals surface area (Å²) in [4.78, 5) is 21.2. The predicted octanol–water partition coefficient (Wildman–Crippen LogP) is 2.89. The van der Waals surface area contributed by atoms with Crippen LogP contribution in [0.25, 0.3) is 0 Å². The van der Waals surface area contributed by atoms with Gasteiger partial charge in [-0.3, -0.25) is 10.1 Å². The van der Waals surface area contributed by atoms with Crippen molar-refractivity contribution >= 4 is 28.9 Å². The third-order valence-electron chi connectivity index (χ3n) is 2.13. The molecule has 0 N–H and O–H groups in total. The van der Waals surface area contributed by atoms with E-state index < -0.39 is 4.92 Å². The summed E-state index contributed by atoms with van der Waals surface area (Å²) in [6.07, 6.45) is 0. The van der Waals surface area contributed by atoms with Gasteiger partial charge < -0.3 is 9.47 Å². The average Bonchev–Trinajstić information content (AvgIpc) is 2.37. The second-order valence-electron chi connectivity index (χ2n) is 3.35. The minimum Gasteiger partial charge on any atom is -0.497 e. The van der Waals surface area contributed by atoms with Gasteiger partial charge in [-0.05, 0) is 29.3 Å². The van der Waals surface area contributed by atoms with Crippen molar-refractivity contribution in [2.75, 3.05) is 7.11 Å². The highest BCUT2D eigenvalue weighted by Gasteiger charge is 2.18. The van der Waals surface area contributed by atoms with Gasteiger partial charge in [0.25, 0.3) is 0 Å². The number of rotatable bonds is 4. The molecule has 1 aromatic heterocycles. The lowest BCUT2D eigenvalue weighted by molar-refractivity contribution is -0.385. The van der Waals surface area contributed by atoms with E-state index in [2.05, 4.69) is 15.0 Å². The van der Waals surface area contributed by atoms with Crippen LogP contribution in [0.5, 0.6) is 17.5 Å². The van der Waals surface area contributed by atoms with E-state index in [1.54, 1.807) is 0 Å². The number of hydrogen-bond acceptors (Lipinski definition) is 7. The van der Waals surface area contributed by atoms with Crippen molar-refractivity contribution in [1.29, 1.82) is 0 Å². The third-order valence-corrected chi connectivity index (χ3v) is 2.46.